The summed E-state index contributed by atoms with van der Waals surface area (Å²) >= 11 is 9.44. The summed E-state index contributed by atoms with van der Waals surface area (Å²) in [5.41, 5.74) is 3.64. The molecular weight excluding hydrogens is 314 g/mol. The van der Waals surface area contributed by atoms with E-state index in [-0.39, 0.29) is 0 Å². The predicted molar refractivity (Wildman–Crippen MR) is 76.9 cm³/mol. The van der Waals surface area contributed by atoms with Crippen molar-refractivity contribution in [3.63, 3.8) is 0 Å². The first-order valence-corrected chi connectivity index (χ1v) is 6.63. The van der Waals surface area contributed by atoms with Crippen LogP contribution in [0, 0.1) is 6.92 Å². The second-order valence-electron chi connectivity index (χ2n) is 4.10. The highest BCUT2D eigenvalue weighted by molar-refractivity contribution is 9.10. The van der Waals surface area contributed by atoms with Crippen molar-refractivity contribution in [2.24, 2.45) is 0 Å². The number of aryl methyl sites for hydroxylation is 1. The summed E-state index contributed by atoms with van der Waals surface area (Å²) in [5, 5.41) is 0.660. The number of halogens is 2. The third-order valence-electron chi connectivity index (χ3n) is 2.77. The van der Waals surface area contributed by atoms with Gasteiger partial charge in [-0.25, -0.2) is 4.98 Å². The molecule has 1 aromatic heterocycles. The number of nitrogens with zero attached hydrogens (tertiary/aromatic N) is 1. The smallest absolute Gasteiger partial charge is 0.227 e. The molecular formula is C14H9BrClNO. The fourth-order valence-corrected chi connectivity index (χ4v) is 2.30. The van der Waals surface area contributed by atoms with Crippen molar-refractivity contribution in [1.29, 1.82) is 0 Å². The molecule has 0 bridgehead atoms. The molecule has 1 heterocycles. The van der Waals surface area contributed by atoms with Gasteiger partial charge in [-0.1, -0.05) is 33.6 Å². The van der Waals surface area contributed by atoms with Gasteiger partial charge in [-0.15, -0.1) is 0 Å². The molecule has 0 saturated carbocycles. The molecule has 0 aliphatic carbocycles. The first-order valence-electron chi connectivity index (χ1n) is 5.46. The van der Waals surface area contributed by atoms with Crippen LogP contribution in [0.2, 0.25) is 5.02 Å². The predicted octanol–water partition coefficient (Wildman–Crippen LogP) is 5.22. The quantitative estimate of drug-likeness (QED) is 0.614. The van der Waals surface area contributed by atoms with Crippen LogP contribution in [0.15, 0.2) is 45.3 Å². The highest BCUT2D eigenvalue weighted by atomic mass is 79.9. The van der Waals surface area contributed by atoms with Gasteiger partial charge in [-0.05, 0) is 42.8 Å². The monoisotopic (exact) mass is 321 g/mol. The number of aromatic nitrogens is 1. The molecule has 0 fully saturated rings. The number of oxazole rings is 1. The summed E-state index contributed by atoms with van der Waals surface area (Å²) in [6.07, 6.45) is 0. The van der Waals surface area contributed by atoms with Crippen LogP contribution in [0.4, 0.5) is 0 Å². The first kappa shape index (κ1) is 11.8. The van der Waals surface area contributed by atoms with Gasteiger partial charge in [0, 0.05) is 15.1 Å². The van der Waals surface area contributed by atoms with Gasteiger partial charge in [0.05, 0.1) is 0 Å². The van der Waals surface area contributed by atoms with E-state index in [2.05, 4.69) is 20.9 Å². The minimum Gasteiger partial charge on any atom is -0.436 e. The van der Waals surface area contributed by atoms with E-state index in [9.17, 15) is 0 Å². The van der Waals surface area contributed by atoms with E-state index in [4.69, 9.17) is 16.0 Å². The SMILES string of the molecule is Cc1ccc(-c2nc3cc(Cl)ccc3o2)cc1Br. The van der Waals surface area contributed by atoms with Crippen LogP contribution >= 0.6 is 27.5 Å². The third kappa shape index (κ3) is 2.04. The molecule has 18 heavy (non-hydrogen) atoms. The highest BCUT2D eigenvalue weighted by Gasteiger charge is 2.09. The highest BCUT2D eigenvalue weighted by Crippen LogP contribution is 2.28. The van der Waals surface area contributed by atoms with Crippen LogP contribution < -0.4 is 0 Å². The van der Waals surface area contributed by atoms with Gasteiger partial charge in [-0.2, -0.15) is 0 Å². The Labute approximate surface area is 118 Å². The summed E-state index contributed by atoms with van der Waals surface area (Å²) < 4.78 is 6.76. The summed E-state index contributed by atoms with van der Waals surface area (Å²) in [4.78, 5) is 4.44. The molecule has 0 spiro atoms. The Morgan fingerprint density at radius 3 is 2.78 bits per heavy atom. The molecule has 0 radical (unpaired) electrons. The summed E-state index contributed by atoms with van der Waals surface area (Å²) in [6, 6.07) is 11.4. The minimum atomic E-state index is 0.605. The van der Waals surface area contributed by atoms with Crippen molar-refractivity contribution in [2.45, 2.75) is 6.92 Å². The van der Waals surface area contributed by atoms with Gasteiger partial charge in [-0.3, -0.25) is 0 Å². The third-order valence-corrected chi connectivity index (χ3v) is 3.86. The molecule has 4 heteroatoms. The average Bonchev–Trinajstić information content (AvgIpc) is 2.75. The Morgan fingerprint density at radius 2 is 2.00 bits per heavy atom. The maximum absolute atomic E-state index is 5.93. The lowest BCUT2D eigenvalue weighted by atomic mass is 10.1. The van der Waals surface area contributed by atoms with Gasteiger partial charge in [0.25, 0.3) is 0 Å². The summed E-state index contributed by atoms with van der Waals surface area (Å²) in [5.74, 6) is 0.605. The number of benzene rings is 2. The second kappa shape index (κ2) is 4.41. The molecule has 2 aromatic carbocycles. The van der Waals surface area contributed by atoms with Gasteiger partial charge in [0.15, 0.2) is 5.58 Å². The molecule has 0 atom stereocenters. The summed E-state index contributed by atoms with van der Waals surface area (Å²) in [6.45, 7) is 2.04. The van der Waals surface area contributed by atoms with Gasteiger partial charge in [0.2, 0.25) is 5.89 Å². The van der Waals surface area contributed by atoms with Crippen molar-refractivity contribution in [1.82, 2.24) is 4.98 Å². The van der Waals surface area contributed by atoms with Crippen molar-refractivity contribution in [3.05, 3.63) is 51.5 Å². The Kier molecular flexibility index (Phi) is 2.88. The van der Waals surface area contributed by atoms with E-state index in [1.54, 1.807) is 12.1 Å². The van der Waals surface area contributed by atoms with Crippen molar-refractivity contribution in [2.75, 3.05) is 0 Å². The van der Waals surface area contributed by atoms with E-state index < -0.39 is 0 Å². The summed E-state index contributed by atoms with van der Waals surface area (Å²) in [7, 11) is 0. The van der Waals surface area contributed by atoms with Crippen LogP contribution in [0.1, 0.15) is 5.56 Å². The van der Waals surface area contributed by atoms with E-state index in [0.29, 0.717) is 10.9 Å². The van der Waals surface area contributed by atoms with Crippen molar-refractivity contribution >= 4 is 38.6 Å². The van der Waals surface area contributed by atoms with Gasteiger partial charge in [0.1, 0.15) is 5.52 Å². The molecule has 0 unspecified atom stereocenters. The Balaban J connectivity index is 2.16. The molecule has 3 aromatic rings. The zero-order valence-electron chi connectivity index (χ0n) is 9.58. The van der Waals surface area contributed by atoms with Crippen LogP contribution in [0.25, 0.3) is 22.6 Å². The number of hydrogen-bond donors (Lipinski definition) is 0. The zero-order valence-corrected chi connectivity index (χ0v) is 11.9. The number of fused-ring (bicyclic) bond motifs is 1. The number of hydrogen-bond acceptors (Lipinski definition) is 2. The van der Waals surface area contributed by atoms with E-state index in [1.165, 1.54) is 5.56 Å². The van der Waals surface area contributed by atoms with Crippen LogP contribution in [-0.2, 0) is 0 Å². The fourth-order valence-electron chi connectivity index (χ4n) is 1.75. The standard InChI is InChI=1S/C14H9BrClNO/c1-8-2-3-9(6-11(8)15)14-17-12-7-10(16)4-5-13(12)18-14/h2-7H,1H3. The Morgan fingerprint density at radius 1 is 1.17 bits per heavy atom. The molecule has 0 aliphatic rings. The van der Waals surface area contributed by atoms with Crippen molar-refractivity contribution in [3.8, 4) is 11.5 Å². The lowest BCUT2D eigenvalue weighted by molar-refractivity contribution is 0.620. The lowest BCUT2D eigenvalue weighted by Gasteiger charge is -1.99. The molecule has 0 saturated heterocycles. The Hall–Kier alpha value is -1.32. The largest absolute Gasteiger partial charge is 0.436 e. The lowest BCUT2D eigenvalue weighted by Crippen LogP contribution is -1.80. The van der Waals surface area contributed by atoms with E-state index in [0.717, 1.165) is 21.1 Å². The van der Waals surface area contributed by atoms with Crippen molar-refractivity contribution < 1.29 is 4.42 Å². The molecule has 0 N–H and O–H groups in total. The van der Waals surface area contributed by atoms with E-state index >= 15 is 0 Å². The average molecular weight is 323 g/mol. The van der Waals surface area contributed by atoms with Crippen LogP contribution in [0.3, 0.4) is 0 Å². The maximum atomic E-state index is 5.93. The van der Waals surface area contributed by atoms with Gasteiger partial charge >= 0.3 is 0 Å². The van der Waals surface area contributed by atoms with E-state index in [1.807, 2.05) is 31.2 Å². The molecule has 3 rings (SSSR count). The normalized spacial score (nSPS) is 11.1. The maximum Gasteiger partial charge on any atom is 0.227 e. The second-order valence-corrected chi connectivity index (χ2v) is 5.39. The van der Waals surface area contributed by atoms with Gasteiger partial charge < -0.3 is 4.42 Å². The Bertz CT molecular complexity index is 736. The molecule has 2 nitrogen and oxygen atoms in total. The topological polar surface area (TPSA) is 26.0 Å². The molecule has 90 valence electrons. The first-order chi connectivity index (χ1) is 8.63. The minimum absolute atomic E-state index is 0.605. The number of rotatable bonds is 1. The van der Waals surface area contributed by atoms with Crippen LogP contribution in [0.5, 0.6) is 0 Å². The molecule has 0 aliphatic heterocycles. The van der Waals surface area contributed by atoms with Crippen LogP contribution in [-0.4, -0.2) is 4.98 Å². The fraction of sp³-hybridized carbons (Fsp3) is 0.0714. The zero-order chi connectivity index (χ0) is 12.7. The molecule has 0 amide bonds.